The first-order valence-corrected chi connectivity index (χ1v) is 6.32. The average molecular weight is 284 g/mol. The van der Waals surface area contributed by atoms with Crippen molar-refractivity contribution in [2.45, 2.75) is 19.4 Å². The van der Waals surface area contributed by atoms with Crippen molar-refractivity contribution >= 4 is 29.2 Å². The molecular weight excluding hydrogens is 270 g/mol. The Bertz CT molecular complexity index is 517. The van der Waals surface area contributed by atoms with Crippen LogP contribution in [0.5, 0.6) is 0 Å². The Kier molecular flexibility index (Phi) is 4.07. The molecule has 1 aromatic carbocycles. The number of carboxylic acid groups (broad SMARTS) is 1. The molecule has 19 heavy (non-hydrogen) atoms. The summed E-state index contributed by atoms with van der Waals surface area (Å²) < 4.78 is 5.34. The highest BCUT2D eigenvalue weighted by molar-refractivity contribution is 6.34. The molecule has 0 saturated carbocycles. The van der Waals surface area contributed by atoms with E-state index in [1.54, 1.807) is 6.07 Å². The first kappa shape index (κ1) is 13.8. The van der Waals surface area contributed by atoms with Crippen LogP contribution in [-0.4, -0.2) is 29.7 Å². The lowest BCUT2D eigenvalue weighted by Gasteiger charge is -2.16. The molecule has 0 aliphatic carbocycles. The molecule has 2 N–H and O–H groups in total. The van der Waals surface area contributed by atoms with Crippen LogP contribution in [0.15, 0.2) is 18.2 Å². The summed E-state index contributed by atoms with van der Waals surface area (Å²) in [7, 11) is 0. The van der Waals surface area contributed by atoms with Crippen molar-refractivity contribution in [2.24, 2.45) is 5.92 Å². The van der Waals surface area contributed by atoms with Crippen LogP contribution in [-0.2, 0) is 9.53 Å². The highest BCUT2D eigenvalue weighted by Crippen LogP contribution is 2.26. The van der Waals surface area contributed by atoms with Gasteiger partial charge in [-0.15, -0.1) is 0 Å². The summed E-state index contributed by atoms with van der Waals surface area (Å²) >= 11 is 5.83. The Labute approximate surface area is 115 Å². The predicted octanol–water partition coefficient (Wildman–Crippen LogP) is 2.40. The Morgan fingerprint density at radius 1 is 1.47 bits per heavy atom. The molecule has 5 nitrogen and oxygen atoms in total. The summed E-state index contributed by atoms with van der Waals surface area (Å²) in [5, 5.41) is 11.8. The topological polar surface area (TPSA) is 75.6 Å². The molecule has 0 radical (unpaired) electrons. The van der Waals surface area contributed by atoms with Gasteiger partial charge in [0.1, 0.15) is 11.7 Å². The van der Waals surface area contributed by atoms with Gasteiger partial charge in [0.2, 0.25) is 0 Å². The van der Waals surface area contributed by atoms with Gasteiger partial charge in [-0.3, -0.25) is 4.79 Å². The van der Waals surface area contributed by atoms with Crippen molar-refractivity contribution in [3.8, 4) is 0 Å². The Morgan fingerprint density at radius 2 is 2.21 bits per heavy atom. The van der Waals surface area contributed by atoms with E-state index in [-0.39, 0.29) is 28.1 Å². The number of amides is 1. The first-order valence-electron chi connectivity index (χ1n) is 5.95. The molecule has 0 bridgehead atoms. The number of benzene rings is 1. The van der Waals surface area contributed by atoms with Gasteiger partial charge in [-0.2, -0.15) is 0 Å². The SMILES string of the molecule is CC1CCOC1C(=O)Nc1cccc(Cl)c1C(=O)O. The Balaban J connectivity index is 2.21. The number of nitrogens with one attached hydrogen (secondary N) is 1. The van der Waals surface area contributed by atoms with Crippen LogP contribution in [0.25, 0.3) is 0 Å². The molecule has 6 heteroatoms. The van der Waals surface area contributed by atoms with Crippen molar-refractivity contribution < 1.29 is 19.4 Å². The average Bonchev–Trinajstić information content (AvgIpc) is 2.75. The van der Waals surface area contributed by atoms with Gasteiger partial charge in [0, 0.05) is 6.61 Å². The molecule has 2 unspecified atom stereocenters. The molecular formula is C13H14ClNO4. The van der Waals surface area contributed by atoms with Gasteiger partial charge in [-0.1, -0.05) is 24.6 Å². The summed E-state index contributed by atoms with van der Waals surface area (Å²) in [6.45, 7) is 2.47. The molecule has 1 saturated heterocycles. The fourth-order valence-corrected chi connectivity index (χ4v) is 2.34. The first-order chi connectivity index (χ1) is 9.00. The second-order valence-electron chi connectivity index (χ2n) is 4.51. The van der Waals surface area contributed by atoms with Gasteiger partial charge in [0.25, 0.3) is 5.91 Å². The number of carbonyl (C=O) groups excluding carboxylic acids is 1. The molecule has 1 aliphatic heterocycles. The third-order valence-electron chi connectivity index (χ3n) is 3.13. The maximum absolute atomic E-state index is 12.0. The van der Waals surface area contributed by atoms with Crippen LogP contribution in [0.2, 0.25) is 5.02 Å². The quantitative estimate of drug-likeness (QED) is 0.893. The lowest BCUT2D eigenvalue weighted by Crippen LogP contribution is -2.31. The fourth-order valence-electron chi connectivity index (χ4n) is 2.08. The molecule has 1 aliphatic rings. The summed E-state index contributed by atoms with van der Waals surface area (Å²) in [6, 6.07) is 4.56. The molecule has 0 aromatic heterocycles. The fraction of sp³-hybridized carbons (Fsp3) is 0.385. The molecule has 1 amide bonds. The summed E-state index contributed by atoms with van der Waals surface area (Å²) in [5.41, 5.74) is 0.0795. The second-order valence-corrected chi connectivity index (χ2v) is 4.92. The standard InChI is InChI=1S/C13H14ClNO4/c1-7-5-6-19-11(7)12(16)15-9-4-2-3-8(14)10(9)13(17)18/h2-4,7,11H,5-6H2,1H3,(H,15,16)(H,17,18). The molecule has 1 heterocycles. The lowest BCUT2D eigenvalue weighted by molar-refractivity contribution is -0.126. The minimum Gasteiger partial charge on any atom is -0.478 e. The van der Waals surface area contributed by atoms with E-state index in [0.29, 0.717) is 6.61 Å². The third-order valence-corrected chi connectivity index (χ3v) is 3.45. The van der Waals surface area contributed by atoms with E-state index in [4.69, 9.17) is 21.4 Å². The molecule has 1 aromatic rings. The zero-order chi connectivity index (χ0) is 14.0. The van der Waals surface area contributed by atoms with E-state index in [1.807, 2.05) is 6.92 Å². The van der Waals surface area contributed by atoms with E-state index in [2.05, 4.69) is 5.32 Å². The lowest BCUT2D eigenvalue weighted by atomic mass is 10.0. The number of rotatable bonds is 3. The summed E-state index contributed by atoms with van der Waals surface area (Å²) in [6.07, 6.45) is 0.278. The number of ether oxygens (including phenoxy) is 1. The van der Waals surface area contributed by atoms with Crippen molar-refractivity contribution in [2.75, 3.05) is 11.9 Å². The van der Waals surface area contributed by atoms with Crippen LogP contribution < -0.4 is 5.32 Å². The van der Waals surface area contributed by atoms with Crippen molar-refractivity contribution in [3.05, 3.63) is 28.8 Å². The van der Waals surface area contributed by atoms with E-state index in [0.717, 1.165) is 6.42 Å². The molecule has 0 spiro atoms. The van der Waals surface area contributed by atoms with Crippen LogP contribution in [0.3, 0.4) is 0 Å². The van der Waals surface area contributed by atoms with Gasteiger partial charge in [-0.25, -0.2) is 4.79 Å². The molecule has 1 fully saturated rings. The van der Waals surface area contributed by atoms with E-state index < -0.39 is 12.1 Å². The van der Waals surface area contributed by atoms with E-state index >= 15 is 0 Å². The molecule has 2 atom stereocenters. The number of halogens is 1. The van der Waals surface area contributed by atoms with Crippen molar-refractivity contribution in [3.63, 3.8) is 0 Å². The maximum atomic E-state index is 12.0. The van der Waals surface area contributed by atoms with Gasteiger partial charge in [0.05, 0.1) is 10.7 Å². The molecule has 2 rings (SSSR count). The van der Waals surface area contributed by atoms with Gasteiger partial charge < -0.3 is 15.2 Å². The van der Waals surface area contributed by atoms with Crippen LogP contribution >= 0.6 is 11.6 Å². The number of anilines is 1. The number of aromatic carboxylic acids is 1. The number of carboxylic acids is 1. The zero-order valence-corrected chi connectivity index (χ0v) is 11.1. The van der Waals surface area contributed by atoms with Gasteiger partial charge in [0.15, 0.2) is 0 Å². The van der Waals surface area contributed by atoms with Crippen LogP contribution in [0.4, 0.5) is 5.69 Å². The van der Waals surface area contributed by atoms with Crippen LogP contribution in [0, 0.1) is 5.92 Å². The predicted molar refractivity (Wildman–Crippen MR) is 70.6 cm³/mol. The van der Waals surface area contributed by atoms with Gasteiger partial charge in [-0.05, 0) is 24.5 Å². The summed E-state index contributed by atoms with van der Waals surface area (Å²) in [4.78, 5) is 23.2. The highest BCUT2D eigenvalue weighted by atomic mass is 35.5. The number of carbonyl (C=O) groups is 2. The maximum Gasteiger partial charge on any atom is 0.339 e. The highest BCUT2D eigenvalue weighted by Gasteiger charge is 2.31. The van der Waals surface area contributed by atoms with E-state index in [1.165, 1.54) is 12.1 Å². The van der Waals surface area contributed by atoms with Gasteiger partial charge >= 0.3 is 5.97 Å². The summed E-state index contributed by atoms with van der Waals surface area (Å²) in [5.74, 6) is -1.40. The largest absolute Gasteiger partial charge is 0.478 e. The smallest absolute Gasteiger partial charge is 0.339 e. The zero-order valence-electron chi connectivity index (χ0n) is 10.4. The second kappa shape index (κ2) is 5.59. The third kappa shape index (κ3) is 2.88. The number of hydrogen-bond acceptors (Lipinski definition) is 3. The molecule has 102 valence electrons. The van der Waals surface area contributed by atoms with Crippen LogP contribution in [0.1, 0.15) is 23.7 Å². The normalized spacial score (nSPS) is 22.2. The number of hydrogen-bond donors (Lipinski definition) is 2. The van der Waals surface area contributed by atoms with E-state index in [9.17, 15) is 9.59 Å². The minimum atomic E-state index is -1.18. The minimum absolute atomic E-state index is 0.0886. The Hall–Kier alpha value is -1.59. The monoisotopic (exact) mass is 283 g/mol. The van der Waals surface area contributed by atoms with Crippen molar-refractivity contribution in [1.82, 2.24) is 0 Å². The van der Waals surface area contributed by atoms with Crippen molar-refractivity contribution in [1.29, 1.82) is 0 Å². The Morgan fingerprint density at radius 3 is 2.79 bits per heavy atom.